The van der Waals surface area contributed by atoms with E-state index in [4.69, 9.17) is 10.9 Å². The maximum absolute atomic E-state index is 11.2. The van der Waals surface area contributed by atoms with Crippen molar-refractivity contribution in [2.75, 3.05) is 19.4 Å². The van der Waals surface area contributed by atoms with Crippen molar-refractivity contribution in [1.82, 2.24) is 0 Å². The van der Waals surface area contributed by atoms with Gasteiger partial charge in [0.05, 0.1) is 12.8 Å². The van der Waals surface area contributed by atoms with E-state index in [1.54, 1.807) is 6.08 Å². The van der Waals surface area contributed by atoms with E-state index in [0.29, 0.717) is 6.61 Å². The predicted octanol–water partition coefficient (Wildman–Crippen LogP) is 1.73. The van der Waals surface area contributed by atoms with Crippen LogP contribution >= 0.6 is 7.37 Å². The fourth-order valence-electron chi connectivity index (χ4n) is 0.422. The van der Waals surface area contributed by atoms with E-state index in [9.17, 15) is 4.57 Å². The molecule has 0 spiro atoms. The zero-order chi connectivity index (χ0) is 8.04. The van der Waals surface area contributed by atoms with E-state index < -0.39 is 7.37 Å². The SMILES string of the molecule is C#CCP(C)(=O)OCC=C. The molecule has 0 heterocycles. The zero-order valence-corrected chi connectivity index (χ0v) is 6.93. The highest BCUT2D eigenvalue weighted by atomic mass is 31.2. The third-order valence-corrected chi connectivity index (χ3v) is 2.30. The Bertz CT molecular complexity index is 190. The minimum atomic E-state index is -2.52. The van der Waals surface area contributed by atoms with Crippen LogP contribution in [0.2, 0.25) is 0 Å². The zero-order valence-electron chi connectivity index (χ0n) is 6.04. The Morgan fingerprint density at radius 1 is 1.90 bits per heavy atom. The molecule has 1 atom stereocenters. The molecule has 56 valence electrons. The lowest BCUT2D eigenvalue weighted by Gasteiger charge is -2.07. The van der Waals surface area contributed by atoms with Gasteiger partial charge in [0.25, 0.3) is 0 Å². The molecule has 0 aromatic carbocycles. The predicted molar refractivity (Wildman–Crippen MR) is 43.4 cm³/mol. The molecule has 1 unspecified atom stereocenters. The fourth-order valence-corrected chi connectivity index (χ4v) is 1.27. The third kappa shape index (κ3) is 4.38. The molecule has 0 bridgehead atoms. The van der Waals surface area contributed by atoms with Crippen LogP contribution in [0.25, 0.3) is 0 Å². The Labute approximate surface area is 61.7 Å². The molecule has 0 aliphatic carbocycles. The largest absolute Gasteiger partial charge is 0.324 e. The van der Waals surface area contributed by atoms with E-state index in [-0.39, 0.29) is 6.16 Å². The normalized spacial score (nSPS) is 15.2. The average Bonchev–Trinajstić information content (AvgIpc) is 1.84. The van der Waals surface area contributed by atoms with Crippen molar-refractivity contribution in [2.45, 2.75) is 0 Å². The van der Waals surface area contributed by atoms with Crippen molar-refractivity contribution >= 4 is 7.37 Å². The second-order valence-corrected chi connectivity index (χ2v) is 4.56. The summed E-state index contributed by atoms with van der Waals surface area (Å²) in [6.07, 6.45) is 6.70. The minimum Gasteiger partial charge on any atom is -0.324 e. The molecule has 2 nitrogen and oxygen atoms in total. The number of hydrogen-bond acceptors (Lipinski definition) is 2. The number of rotatable bonds is 4. The van der Waals surface area contributed by atoms with Gasteiger partial charge in [0.1, 0.15) is 0 Å². The second kappa shape index (κ2) is 4.33. The molecule has 0 aromatic rings. The van der Waals surface area contributed by atoms with Crippen LogP contribution in [0.4, 0.5) is 0 Å². The van der Waals surface area contributed by atoms with E-state index in [1.165, 1.54) is 6.66 Å². The van der Waals surface area contributed by atoms with Crippen LogP contribution < -0.4 is 0 Å². The van der Waals surface area contributed by atoms with Crippen LogP contribution in [0.3, 0.4) is 0 Å². The van der Waals surface area contributed by atoms with Crippen LogP contribution in [0.15, 0.2) is 12.7 Å². The summed E-state index contributed by atoms with van der Waals surface area (Å²) in [6, 6.07) is 0. The summed E-state index contributed by atoms with van der Waals surface area (Å²) in [5.74, 6) is 2.29. The lowest BCUT2D eigenvalue weighted by atomic mass is 10.7. The molecule has 10 heavy (non-hydrogen) atoms. The first kappa shape index (κ1) is 9.49. The van der Waals surface area contributed by atoms with Gasteiger partial charge in [0, 0.05) is 6.66 Å². The van der Waals surface area contributed by atoms with E-state index in [2.05, 4.69) is 12.5 Å². The van der Waals surface area contributed by atoms with Crippen LogP contribution in [0, 0.1) is 12.3 Å². The van der Waals surface area contributed by atoms with E-state index >= 15 is 0 Å². The van der Waals surface area contributed by atoms with Gasteiger partial charge in [-0.05, 0) is 0 Å². The van der Waals surface area contributed by atoms with Gasteiger partial charge in [-0.1, -0.05) is 12.0 Å². The van der Waals surface area contributed by atoms with Gasteiger partial charge >= 0.3 is 0 Å². The van der Waals surface area contributed by atoms with Gasteiger partial charge in [0.2, 0.25) is 7.37 Å². The van der Waals surface area contributed by atoms with Gasteiger partial charge in [0.15, 0.2) is 0 Å². The van der Waals surface area contributed by atoms with Gasteiger partial charge in [-0.3, -0.25) is 4.57 Å². The molecule has 0 saturated carbocycles. The monoisotopic (exact) mass is 158 g/mol. The standard InChI is InChI=1S/C7H11O2P/c1-4-6-9-10(3,8)7-5-2/h2,4H,1,6-7H2,3H3. The summed E-state index contributed by atoms with van der Waals surface area (Å²) < 4.78 is 16.1. The molecular formula is C7H11O2P. The summed E-state index contributed by atoms with van der Waals surface area (Å²) in [5.41, 5.74) is 0. The molecule has 3 heteroatoms. The van der Waals surface area contributed by atoms with Crippen molar-refractivity contribution in [2.24, 2.45) is 0 Å². The quantitative estimate of drug-likeness (QED) is 0.354. The highest BCUT2D eigenvalue weighted by molar-refractivity contribution is 7.58. The average molecular weight is 158 g/mol. The van der Waals surface area contributed by atoms with Crippen LogP contribution in [-0.2, 0) is 9.09 Å². The molecule has 0 radical (unpaired) electrons. The Morgan fingerprint density at radius 3 is 2.90 bits per heavy atom. The molecule has 0 aromatic heterocycles. The first-order chi connectivity index (χ1) is 4.62. The molecule has 0 aliphatic rings. The first-order valence-electron chi connectivity index (χ1n) is 2.88. The number of terminal acetylenes is 1. The summed E-state index contributed by atoms with van der Waals surface area (Å²) in [5, 5.41) is 0. The van der Waals surface area contributed by atoms with E-state index in [1.807, 2.05) is 0 Å². The van der Waals surface area contributed by atoms with Crippen LogP contribution in [0.5, 0.6) is 0 Å². The van der Waals surface area contributed by atoms with E-state index in [0.717, 1.165) is 0 Å². The molecule has 0 amide bonds. The van der Waals surface area contributed by atoms with Crippen molar-refractivity contribution in [3.8, 4) is 12.3 Å². The van der Waals surface area contributed by atoms with Gasteiger partial charge in [-0.2, -0.15) is 0 Å². The lowest BCUT2D eigenvalue weighted by molar-refractivity contribution is 0.359. The Kier molecular flexibility index (Phi) is 4.11. The molecule has 0 rings (SSSR count). The number of hydrogen-bond donors (Lipinski definition) is 0. The Hall–Kier alpha value is -0.510. The van der Waals surface area contributed by atoms with Crippen molar-refractivity contribution < 1.29 is 9.09 Å². The maximum atomic E-state index is 11.2. The molecule has 0 N–H and O–H groups in total. The molecule has 0 aliphatic heterocycles. The summed E-state index contributed by atoms with van der Waals surface area (Å²) in [7, 11) is -2.52. The minimum absolute atomic E-state index is 0.195. The molecular weight excluding hydrogens is 147 g/mol. The fraction of sp³-hybridized carbons (Fsp3) is 0.429. The van der Waals surface area contributed by atoms with Gasteiger partial charge in [-0.25, -0.2) is 0 Å². The van der Waals surface area contributed by atoms with Crippen molar-refractivity contribution in [3.05, 3.63) is 12.7 Å². The summed E-state index contributed by atoms with van der Waals surface area (Å²) in [4.78, 5) is 0. The second-order valence-electron chi connectivity index (χ2n) is 1.96. The van der Waals surface area contributed by atoms with Crippen LogP contribution in [0.1, 0.15) is 0 Å². The smallest absolute Gasteiger partial charge is 0.212 e. The lowest BCUT2D eigenvalue weighted by Crippen LogP contribution is -1.91. The first-order valence-corrected chi connectivity index (χ1v) is 5.13. The van der Waals surface area contributed by atoms with Gasteiger partial charge in [-0.15, -0.1) is 13.0 Å². The highest BCUT2D eigenvalue weighted by Crippen LogP contribution is 2.41. The summed E-state index contributed by atoms with van der Waals surface area (Å²) in [6.45, 7) is 5.25. The van der Waals surface area contributed by atoms with Crippen molar-refractivity contribution in [1.29, 1.82) is 0 Å². The topological polar surface area (TPSA) is 26.3 Å². The molecule has 0 saturated heterocycles. The summed E-state index contributed by atoms with van der Waals surface area (Å²) >= 11 is 0. The third-order valence-electron chi connectivity index (χ3n) is 0.844. The van der Waals surface area contributed by atoms with Crippen molar-refractivity contribution in [3.63, 3.8) is 0 Å². The Balaban J connectivity index is 3.77. The van der Waals surface area contributed by atoms with Gasteiger partial charge < -0.3 is 4.52 Å². The maximum Gasteiger partial charge on any atom is 0.212 e. The molecule has 0 fully saturated rings. The Morgan fingerprint density at radius 2 is 2.50 bits per heavy atom. The van der Waals surface area contributed by atoms with Crippen LogP contribution in [-0.4, -0.2) is 19.4 Å². The highest BCUT2D eigenvalue weighted by Gasteiger charge is 2.11.